The van der Waals surface area contributed by atoms with E-state index in [0.29, 0.717) is 12.1 Å². The molecule has 0 unspecified atom stereocenters. The first kappa shape index (κ1) is 30.3. The Morgan fingerprint density at radius 3 is 1.15 bits per heavy atom. The third kappa shape index (κ3) is 10.6. The smallest absolute Gasteiger partial charge is 0.422 e. The van der Waals surface area contributed by atoms with Crippen molar-refractivity contribution in [3.05, 3.63) is 58.7 Å². The largest absolute Gasteiger partial charge is 0.593 e. The van der Waals surface area contributed by atoms with Crippen LogP contribution in [0.25, 0.3) is 0 Å². The number of benzene rings is 2. The summed E-state index contributed by atoms with van der Waals surface area (Å²) in [7, 11) is 0. The van der Waals surface area contributed by atoms with Crippen LogP contribution in [0.1, 0.15) is 38.8 Å². The second-order valence-corrected chi connectivity index (χ2v) is 7.28. The molecule has 0 saturated carbocycles. The lowest BCUT2D eigenvalue weighted by molar-refractivity contribution is -0.709. The van der Waals surface area contributed by atoms with Crippen molar-refractivity contribution in [1.29, 1.82) is 0 Å². The first-order chi connectivity index (χ1) is 14.8. The summed E-state index contributed by atoms with van der Waals surface area (Å²) in [6, 6.07) is 2.52. The zero-order valence-corrected chi connectivity index (χ0v) is 17.8. The van der Waals surface area contributed by atoms with E-state index in [1.165, 1.54) is 0 Å². The van der Waals surface area contributed by atoms with Crippen molar-refractivity contribution in [2.45, 2.75) is 52.1 Å². The van der Waals surface area contributed by atoms with E-state index in [1.54, 1.807) is 0 Å². The molecule has 2 rings (SSSR count). The highest BCUT2D eigenvalue weighted by Gasteiger charge is 2.39. The molecule has 0 aliphatic carbocycles. The molecule has 2 aromatic carbocycles. The summed E-state index contributed by atoms with van der Waals surface area (Å²) in [4.78, 5) is 0. The van der Waals surface area contributed by atoms with Gasteiger partial charge in [-0.3, -0.25) is 0 Å². The van der Waals surface area contributed by atoms with Crippen molar-refractivity contribution < 1.29 is 59.4 Å². The summed E-state index contributed by atoms with van der Waals surface area (Å²) in [5, 5.41) is 17.6. The number of quaternary nitrogens is 1. The Bertz CT molecular complexity index is 789. The van der Waals surface area contributed by atoms with Crippen molar-refractivity contribution in [2.75, 3.05) is 0 Å². The van der Waals surface area contributed by atoms with Crippen LogP contribution in [-0.4, -0.2) is 22.3 Å². The number of halogens is 10. The van der Waals surface area contributed by atoms with Crippen LogP contribution in [0.2, 0.25) is 0 Å². The average Bonchev–Trinajstić information content (AvgIpc) is 2.49. The van der Waals surface area contributed by atoms with Crippen LogP contribution in [-0.2, 0) is 12.4 Å². The van der Waals surface area contributed by atoms with Crippen molar-refractivity contribution in [2.24, 2.45) is 0 Å². The van der Waals surface area contributed by atoms with Crippen molar-refractivity contribution in [1.82, 2.24) is 0 Å². The number of hydrogen-bond acceptors (Lipinski definition) is 1. The Morgan fingerprint density at radius 2 is 0.939 bits per heavy atom. The van der Waals surface area contributed by atoms with Gasteiger partial charge in [-0.05, 0) is 27.7 Å². The number of aromatic hydroxyl groups is 1. The minimum Gasteiger partial charge on any atom is -0.593 e. The fourth-order valence-electron chi connectivity index (χ4n) is 2.44. The van der Waals surface area contributed by atoms with E-state index in [1.807, 2.05) is 0 Å². The van der Waals surface area contributed by atoms with Gasteiger partial charge in [-0.2, -0.15) is 26.3 Å². The molecule has 13 heteroatoms. The van der Waals surface area contributed by atoms with Crippen LogP contribution in [0.3, 0.4) is 0 Å². The van der Waals surface area contributed by atoms with Crippen LogP contribution in [0.5, 0.6) is 11.5 Å². The number of phenolic OH excluding ortho intramolecular Hbond substituents is 1. The minimum absolute atomic E-state index is 0.200. The predicted octanol–water partition coefficient (Wildman–Crippen LogP) is 5.48. The summed E-state index contributed by atoms with van der Waals surface area (Å²) < 4.78 is 121. The highest BCUT2D eigenvalue weighted by Crippen LogP contribution is 2.35. The molecule has 0 amide bonds. The predicted molar refractivity (Wildman–Crippen MR) is 99.6 cm³/mol. The molecule has 0 saturated heterocycles. The fourth-order valence-corrected chi connectivity index (χ4v) is 2.44. The second-order valence-electron chi connectivity index (χ2n) is 7.28. The molecule has 0 atom stereocenters. The number of phenols is 1. The molecule has 3 nitrogen and oxygen atoms in total. The van der Waals surface area contributed by atoms with E-state index in [9.17, 15) is 43.9 Å². The summed E-state index contributed by atoms with van der Waals surface area (Å²) in [6.45, 7) is 8.83. The maximum atomic E-state index is 12.5. The van der Waals surface area contributed by atoms with Gasteiger partial charge in [0.05, 0.1) is 24.2 Å². The molecule has 0 heterocycles. The van der Waals surface area contributed by atoms with E-state index >= 15 is 0 Å². The molecule has 33 heavy (non-hydrogen) atoms. The van der Waals surface area contributed by atoms with E-state index < -0.39 is 58.2 Å². The van der Waals surface area contributed by atoms with Gasteiger partial charge < -0.3 is 15.5 Å². The maximum Gasteiger partial charge on any atom is 0.422 e. The standard InChI is InChI=1S/2C7H3F5O.C6H15N/c2*8-4-1-3(13)2-5(9)6(4)7(10,11)12;1-5(2)7-6(3)4/h2*1-2,13H;5-7H,1-4H3/p+2. The monoisotopic (exact) mass is 499 g/mol. The molecule has 5 N–H and O–H groups in total. The topological polar surface area (TPSA) is 59.7 Å². The van der Waals surface area contributed by atoms with Crippen molar-refractivity contribution in [3.63, 3.8) is 0 Å². The third-order valence-corrected chi connectivity index (χ3v) is 3.41. The molecule has 0 aliphatic heterocycles. The van der Waals surface area contributed by atoms with Gasteiger partial charge in [0.25, 0.3) is 5.75 Å². The quantitative estimate of drug-likeness (QED) is 0.418. The molecule has 0 aliphatic rings. The maximum absolute atomic E-state index is 12.5. The summed E-state index contributed by atoms with van der Waals surface area (Å²) >= 11 is 0. The van der Waals surface area contributed by atoms with Gasteiger partial charge >= 0.3 is 12.4 Å². The van der Waals surface area contributed by atoms with Gasteiger partial charge in [0.15, 0.2) is 0 Å². The SMILES string of the molecule is CC(C)[NH2+]C(C)C.Oc1cc(F)c(C(F)(F)F)c(F)c1.[OH2+]c1cc(F)c(C(F)(F)F)c(F)c1. The molecule has 188 valence electrons. The van der Waals surface area contributed by atoms with Gasteiger partial charge in [0.2, 0.25) is 0 Å². The molecule has 0 bridgehead atoms. The van der Waals surface area contributed by atoms with E-state index in [-0.39, 0.29) is 12.1 Å². The van der Waals surface area contributed by atoms with E-state index in [0.717, 1.165) is 12.1 Å². The first-order valence-electron chi connectivity index (χ1n) is 9.15. The third-order valence-electron chi connectivity index (χ3n) is 3.41. The summed E-state index contributed by atoms with van der Waals surface area (Å²) in [5.41, 5.74) is -3.95. The van der Waals surface area contributed by atoms with E-state index in [4.69, 9.17) is 10.2 Å². The lowest BCUT2D eigenvalue weighted by atomic mass is 10.2. The molecule has 0 radical (unpaired) electrons. The lowest BCUT2D eigenvalue weighted by Gasteiger charge is -2.08. The Hall–Kier alpha value is -2.70. The molecule has 0 fully saturated rings. The van der Waals surface area contributed by atoms with Crippen LogP contribution in [0.15, 0.2) is 24.3 Å². The molecular formula is C20H23F10NO2+2. The minimum atomic E-state index is -5.10. The van der Waals surface area contributed by atoms with Gasteiger partial charge in [-0.1, -0.05) is 0 Å². The molecule has 2 aromatic rings. The highest BCUT2D eigenvalue weighted by atomic mass is 19.4. The van der Waals surface area contributed by atoms with Crippen LogP contribution >= 0.6 is 0 Å². The van der Waals surface area contributed by atoms with Gasteiger partial charge in [-0.25, -0.2) is 17.6 Å². The van der Waals surface area contributed by atoms with Gasteiger partial charge in [0.1, 0.15) is 40.1 Å². The van der Waals surface area contributed by atoms with Crippen molar-refractivity contribution in [3.8, 4) is 11.5 Å². The number of hydrogen-bond donors (Lipinski definition) is 2. The highest BCUT2D eigenvalue weighted by molar-refractivity contribution is 5.32. The number of rotatable bonds is 2. The average molecular weight is 499 g/mol. The zero-order valence-electron chi connectivity index (χ0n) is 17.8. The van der Waals surface area contributed by atoms with Crippen LogP contribution < -0.4 is 5.32 Å². The Balaban J connectivity index is 0.000000490. The Kier molecular flexibility index (Phi) is 11.0. The Labute approximate surface area is 182 Å². The lowest BCUT2D eigenvalue weighted by Crippen LogP contribution is -2.92. The van der Waals surface area contributed by atoms with Crippen molar-refractivity contribution >= 4 is 0 Å². The van der Waals surface area contributed by atoms with E-state index in [2.05, 4.69) is 33.0 Å². The van der Waals surface area contributed by atoms with Gasteiger partial charge in [-0.15, -0.1) is 0 Å². The van der Waals surface area contributed by atoms with Gasteiger partial charge in [0, 0.05) is 12.1 Å². The summed E-state index contributed by atoms with van der Waals surface area (Å²) in [5.74, 6) is -8.71. The molecule has 0 spiro atoms. The fraction of sp³-hybridized carbons (Fsp3) is 0.400. The van der Waals surface area contributed by atoms with Crippen LogP contribution in [0, 0.1) is 23.3 Å². The summed E-state index contributed by atoms with van der Waals surface area (Å²) in [6.07, 6.45) is -10.2. The molecule has 0 aromatic heterocycles. The molecular weight excluding hydrogens is 476 g/mol. The Morgan fingerprint density at radius 1 is 0.667 bits per heavy atom. The number of nitrogens with two attached hydrogens (primary N) is 1. The first-order valence-corrected chi connectivity index (χ1v) is 9.15. The van der Waals surface area contributed by atoms with Crippen LogP contribution in [0.4, 0.5) is 43.9 Å². The second kappa shape index (κ2) is 12.0. The number of alkyl halides is 6. The zero-order chi connectivity index (χ0) is 26.3. The normalized spacial score (nSPS) is 11.6.